The molecule has 0 aliphatic carbocycles. The van der Waals surface area contributed by atoms with E-state index in [1.807, 2.05) is 41.8 Å². The Labute approximate surface area is 162 Å². The van der Waals surface area contributed by atoms with E-state index in [4.69, 9.17) is 19.6 Å². The van der Waals surface area contributed by atoms with Crippen molar-refractivity contribution in [3.8, 4) is 11.5 Å². The molecule has 6 heteroatoms. The van der Waals surface area contributed by atoms with Crippen molar-refractivity contribution in [2.75, 3.05) is 14.2 Å². The number of aryl methyl sites for hydroxylation is 1. The summed E-state index contributed by atoms with van der Waals surface area (Å²) in [5, 5.41) is 6.72. The van der Waals surface area contributed by atoms with Gasteiger partial charge in [-0.05, 0) is 48.7 Å². The van der Waals surface area contributed by atoms with Gasteiger partial charge in [0, 0.05) is 11.1 Å². The zero-order chi connectivity index (χ0) is 18.8. The number of aliphatic imine (C=N–C) groups is 1. The smallest absolute Gasteiger partial charge is 0.164 e. The monoisotopic (exact) mass is 377 g/mol. The topological polar surface area (TPSA) is 55.2 Å². The maximum Gasteiger partial charge on any atom is 0.164 e. The molecule has 1 aromatic heterocycles. The van der Waals surface area contributed by atoms with Crippen molar-refractivity contribution in [1.29, 1.82) is 0 Å². The Kier molecular flexibility index (Phi) is 4.64. The third kappa shape index (κ3) is 3.31. The van der Waals surface area contributed by atoms with Crippen LogP contribution in [-0.4, -0.2) is 25.8 Å². The van der Waals surface area contributed by atoms with E-state index < -0.39 is 0 Å². The van der Waals surface area contributed by atoms with E-state index in [9.17, 15) is 0 Å². The molecule has 0 atom stereocenters. The van der Waals surface area contributed by atoms with Crippen LogP contribution >= 0.6 is 11.3 Å². The highest BCUT2D eigenvalue weighted by Gasteiger charge is 2.19. The molecule has 2 heterocycles. The molecule has 0 radical (unpaired) electrons. The average molecular weight is 377 g/mol. The Balaban J connectivity index is 1.86. The minimum absolute atomic E-state index is 0.663. The molecule has 1 aliphatic heterocycles. The van der Waals surface area contributed by atoms with Gasteiger partial charge in [0.25, 0.3) is 0 Å². The largest absolute Gasteiger partial charge is 0.493 e. The number of nitrogens with one attached hydrogen (secondary N) is 1. The summed E-state index contributed by atoms with van der Waals surface area (Å²) in [7, 11) is 3.26. The molecular formula is C21H19N3O2S. The van der Waals surface area contributed by atoms with Crippen molar-refractivity contribution >= 4 is 28.6 Å². The summed E-state index contributed by atoms with van der Waals surface area (Å²) in [5.74, 6) is 2.09. The second-order valence-corrected chi connectivity index (χ2v) is 7.05. The van der Waals surface area contributed by atoms with Crippen LogP contribution in [0.2, 0.25) is 0 Å². The van der Waals surface area contributed by atoms with Crippen LogP contribution in [0.1, 0.15) is 21.6 Å². The number of nitrogens with zero attached hydrogens (tertiary/aromatic N) is 2. The second-order valence-electron chi connectivity index (χ2n) is 6.10. The first-order valence-corrected chi connectivity index (χ1v) is 9.37. The quantitative estimate of drug-likeness (QED) is 0.728. The Morgan fingerprint density at radius 3 is 2.56 bits per heavy atom. The zero-order valence-electron chi connectivity index (χ0n) is 15.3. The third-order valence-corrected chi connectivity index (χ3v) is 5.20. The normalized spacial score (nSPS) is 13.0. The molecule has 4 rings (SSSR count). The molecule has 1 N–H and O–H groups in total. The number of methoxy groups -OCH3 is 2. The molecule has 0 saturated carbocycles. The Hall–Kier alpha value is -3.12. The molecule has 0 amide bonds. The number of hydrogen-bond donors (Lipinski definition) is 1. The Bertz CT molecular complexity index is 1040. The standard InChI is InChI=1S/C21H19N3O2S/c1-13-6-8-16-15(11-13)20(14-7-9-17(25-2)18(12-14)26-3)23-24-21(22-16)19-5-4-10-27-19/h4-12H,1-3H3,(H,22,24). The van der Waals surface area contributed by atoms with Crippen LogP contribution in [0, 0.1) is 6.92 Å². The third-order valence-electron chi connectivity index (χ3n) is 4.32. The predicted octanol–water partition coefficient (Wildman–Crippen LogP) is 4.51. The number of hydrazone groups is 1. The van der Waals surface area contributed by atoms with Crippen molar-refractivity contribution in [2.24, 2.45) is 10.1 Å². The highest BCUT2D eigenvalue weighted by Crippen LogP contribution is 2.32. The Morgan fingerprint density at radius 1 is 0.963 bits per heavy atom. The van der Waals surface area contributed by atoms with Gasteiger partial charge in [0.1, 0.15) is 5.71 Å². The van der Waals surface area contributed by atoms with Crippen LogP contribution in [0.3, 0.4) is 0 Å². The number of rotatable bonds is 4. The number of amidine groups is 1. The summed E-state index contributed by atoms with van der Waals surface area (Å²) >= 11 is 1.63. The highest BCUT2D eigenvalue weighted by atomic mass is 32.1. The van der Waals surface area contributed by atoms with Gasteiger partial charge in [-0.3, -0.25) is 5.43 Å². The fraction of sp³-hybridized carbons (Fsp3) is 0.143. The van der Waals surface area contributed by atoms with Crippen molar-refractivity contribution in [1.82, 2.24) is 5.43 Å². The van der Waals surface area contributed by atoms with E-state index in [1.165, 1.54) is 0 Å². The molecule has 0 fully saturated rings. The van der Waals surface area contributed by atoms with Crippen LogP contribution in [0.25, 0.3) is 0 Å². The maximum atomic E-state index is 5.46. The number of hydrogen-bond acceptors (Lipinski definition) is 6. The summed E-state index contributed by atoms with van der Waals surface area (Å²) in [6, 6.07) is 16.0. The number of benzene rings is 2. The first kappa shape index (κ1) is 17.3. The van der Waals surface area contributed by atoms with Crippen molar-refractivity contribution < 1.29 is 9.47 Å². The lowest BCUT2D eigenvalue weighted by molar-refractivity contribution is 0.355. The maximum absolute atomic E-state index is 5.46. The van der Waals surface area contributed by atoms with Crippen molar-refractivity contribution in [3.05, 3.63) is 75.5 Å². The van der Waals surface area contributed by atoms with Crippen LogP contribution in [-0.2, 0) is 0 Å². The van der Waals surface area contributed by atoms with E-state index in [-0.39, 0.29) is 0 Å². The fourth-order valence-electron chi connectivity index (χ4n) is 2.98. The van der Waals surface area contributed by atoms with Crippen LogP contribution in [0.5, 0.6) is 11.5 Å². The molecule has 0 spiro atoms. The molecular weight excluding hydrogens is 358 g/mol. The molecule has 27 heavy (non-hydrogen) atoms. The Morgan fingerprint density at radius 2 is 1.81 bits per heavy atom. The lowest BCUT2D eigenvalue weighted by Crippen LogP contribution is -2.18. The predicted molar refractivity (Wildman–Crippen MR) is 110 cm³/mol. The van der Waals surface area contributed by atoms with Gasteiger partial charge in [0.15, 0.2) is 17.3 Å². The fourth-order valence-corrected chi connectivity index (χ4v) is 3.64. The zero-order valence-corrected chi connectivity index (χ0v) is 16.1. The summed E-state index contributed by atoms with van der Waals surface area (Å²) in [4.78, 5) is 5.86. The van der Waals surface area contributed by atoms with E-state index in [0.29, 0.717) is 11.5 Å². The average Bonchev–Trinajstić information content (AvgIpc) is 3.16. The number of ether oxygens (including phenoxy) is 2. The summed E-state index contributed by atoms with van der Waals surface area (Å²) in [6.45, 7) is 2.06. The number of thiophene rings is 1. The van der Waals surface area contributed by atoms with Crippen molar-refractivity contribution in [3.63, 3.8) is 0 Å². The number of fused-ring (bicyclic) bond motifs is 1. The molecule has 136 valence electrons. The van der Waals surface area contributed by atoms with Gasteiger partial charge in [-0.1, -0.05) is 17.7 Å². The summed E-state index contributed by atoms with van der Waals surface area (Å²) < 4.78 is 10.8. The van der Waals surface area contributed by atoms with E-state index >= 15 is 0 Å². The van der Waals surface area contributed by atoms with Gasteiger partial charge < -0.3 is 9.47 Å². The lowest BCUT2D eigenvalue weighted by atomic mass is 9.98. The van der Waals surface area contributed by atoms with Crippen LogP contribution in [0.15, 0.2) is 64.0 Å². The van der Waals surface area contributed by atoms with Gasteiger partial charge in [-0.2, -0.15) is 5.10 Å². The summed E-state index contributed by atoms with van der Waals surface area (Å²) in [6.07, 6.45) is 0. The van der Waals surface area contributed by atoms with Gasteiger partial charge >= 0.3 is 0 Å². The van der Waals surface area contributed by atoms with Crippen LogP contribution in [0.4, 0.5) is 5.69 Å². The first-order chi connectivity index (χ1) is 13.2. The van der Waals surface area contributed by atoms with Gasteiger partial charge in [-0.15, -0.1) is 11.3 Å². The van der Waals surface area contributed by atoms with E-state index in [2.05, 4.69) is 24.5 Å². The SMILES string of the molecule is COc1ccc(C2=NNC(c3cccs3)=Nc3ccc(C)cc32)cc1OC. The van der Waals surface area contributed by atoms with E-state index in [0.717, 1.165) is 38.8 Å². The van der Waals surface area contributed by atoms with E-state index in [1.54, 1.807) is 25.6 Å². The first-order valence-electron chi connectivity index (χ1n) is 8.49. The molecule has 0 saturated heterocycles. The minimum atomic E-state index is 0.663. The van der Waals surface area contributed by atoms with Crippen LogP contribution < -0.4 is 14.9 Å². The van der Waals surface area contributed by atoms with Gasteiger partial charge in [-0.25, -0.2) is 4.99 Å². The molecule has 0 unspecified atom stereocenters. The molecule has 2 aromatic carbocycles. The van der Waals surface area contributed by atoms with Gasteiger partial charge in [0.05, 0.1) is 24.8 Å². The summed E-state index contributed by atoms with van der Waals surface area (Å²) in [5.41, 5.74) is 7.88. The highest BCUT2D eigenvalue weighted by molar-refractivity contribution is 7.12. The second kappa shape index (κ2) is 7.25. The lowest BCUT2D eigenvalue weighted by Gasteiger charge is -2.12. The van der Waals surface area contributed by atoms with Gasteiger partial charge in [0.2, 0.25) is 0 Å². The molecule has 5 nitrogen and oxygen atoms in total. The minimum Gasteiger partial charge on any atom is -0.493 e. The van der Waals surface area contributed by atoms with Crippen molar-refractivity contribution in [2.45, 2.75) is 6.92 Å². The molecule has 3 aromatic rings. The molecule has 1 aliphatic rings. The molecule has 0 bridgehead atoms.